The highest BCUT2D eigenvalue weighted by molar-refractivity contribution is 6.30. The Bertz CT molecular complexity index is 1130. The number of methoxy groups -OCH3 is 1. The molecule has 9 heteroatoms. The van der Waals surface area contributed by atoms with Crippen LogP contribution in [0, 0.1) is 0 Å². The van der Waals surface area contributed by atoms with Gasteiger partial charge in [-0.3, -0.25) is 9.69 Å². The van der Waals surface area contributed by atoms with E-state index in [4.69, 9.17) is 25.8 Å². The summed E-state index contributed by atoms with van der Waals surface area (Å²) in [5, 5.41) is 0.470. The quantitative estimate of drug-likeness (QED) is 0.408. The molecule has 1 fully saturated rings. The van der Waals surface area contributed by atoms with Crippen molar-refractivity contribution in [1.29, 1.82) is 0 Å². The number of piperidine rings is 1. The molecule has 4 rings (SSSR count). The van der Waals surface area contributed by atoms with Crippen molar-refractivity contribution in [3.63, 3.8) is 0 Å². The number of ether oxygens (including phenoxy) is 3. The largest absolute Gasteiger partial charge is 0.467 e. The van der Waals surface area contributed by atoms with Gasteiger partial charge in [-0.15, -0.1) is 0 Å². The standard InChI is InChI=1S/C27H29ClN2O6/c1-3-16-35-26(33)30(24(25(32)34-2)19-8-10-21(28)11-9-19)17-23(31)29-14-12-27(13-15-29)22-7-5-4-6-20(22)18-36-27/h3-11,24H,1,12-18H2,2H3/t24-/m1/s1. The molecule has 1 saturated heterocycles. The second-order valence-corrected chi connectivity index (χ2v) is 9.23. The van der Waals surface area contributed by atoms with Gasteiger partial charge in [-0.25, -0.2) is 9.59 Å². The number of rotatable bonds is 7. The number of carbonyl (C=O) groups excluding carboxylic acids is 3. The molecule has 0 saturated carbocycles. The number of amides is 2. The summed E-state index contributed by atoms with van der Waals surface area (Å²) in [4.78, 5) is 42.0. The van der Waals surface area contributed by atoms with Gasteiger partial charge < -0.3 is 19.1 Å². The third-order valence-corrected chi connectivity index (χ3v) is 6.97. The number of esters is 1. The van der Waals surface area contributed by atoms with E-state index in [9.17, 15) is 14.4 Å². The Labute approximate surface area is 215 Å². The first-order valence-corrected chi connectivity index (χ1v) is 12.1. The molecule has 0 aromatic heterocycles. The van der Waals surface area contributed by atoms with Crippen LogP contribution in [0.4, 0.5) is 4.79 Å². The summed E-state index contributed by atoms with van der Waals surface area (Å²) < 4.78 is 16.4. The SMILES string of the molecule is C=CCOC(=O)N(CC(=O)N1CCC2(CC1)OCc1ccccc12)[C@@H](C(=O)OC)c1ccc(Cl)cc1. The summed E-state index contributed by atoms with van der Waals surface area (Å²) in [6, 6.07) is 13.4. The summed E-state index contributed by atoms with van der Waals surface area (Å²) in [7, 11) is 1.23. The van der Waals surface area contributed by atoms with Crippen molar-refractivity contribution in [3.05, 3.63) is 82.9 Å². The monoisotopic (exact) mass is 512 g/mol. The molecule has 2 heterocycles. The molecule has 2 aliphatic heterocycles. The fourth-order valence-electron chi connectivity index (χ4n) is 4.84. The molecule has 2 amide bonds. The maximum atomic E-state index is 13.4. The third-order valence-electron chi connectivity index (χ3n) is 6.72. The first-order chi connectivity index (χ1) is 17.4. The van der Waals surface area contributed by atoms with E-state index in [1.165, 1.54) is 24.3 Å². The summed E-state index contributed by atoms with van der Waals surface area (Å²) in [6.45, 7) is 4.62. The smallest absolute Gasteiger partial charge is 0.411 e. The summed E-state index contributed by atoms with van der Waals surface area (Å²) in [5.74, 6) is -0.996. The van der Waals surface area contributed by atoms with Gasteiger partial charge in [0.1, 0.15) is 13.2 Å². The van der Waals surface area contributed by atoms with Crippen LogP contribution in [0.15, 0.2) is 61.2 Å². The predicted molar refractivity (Wildman–Crippen MR) is 133 cm³/mol. The van der Waals surface area contributed by atoms with Crippen molar-refractivity contribution in [2.75, 3.05) is 33.4 Å². The van der Waals surface area contributed by atoms with E-state index in [0.717, 1.165) is 4.90 Å². The zero-order valence-corrected chi connectivity index (χ0v) is 20.9. The third kappa shape index (κ3) is 5.24. The number of fused-ring (bicyclic) bond motifs is 2. The average Bonchev–Trinajstić information content (AvgIpc) is 3.25. The van der Waals surface area contributed by atoms with Crippen molar-refractivity contribution in [3.8, 4) is 0 Å². The molecule has 1 atom stereocenters. The molecule has 2 aromatic carbocycles. The van der Waals surface area contributed by atoms with Crippen molar-refractivity contribution in [1.82, 2.24) is 9.80 Å². The first-order valence-electron chi connectivity index (χ1n) is 11.8. The zero-order chi connectivity index (χ0) is 25.7. The first kappa shape index (κ1) is 25.7. The molecule has 0 unspecified atom stereocenters. The van der Waals surface area contributed by atoms with Crippen molar-refractivity contribution < 1.29 is 28.6 Å². The van der Waals surface area contributed by atoms with Gasteiger partial charge >= 0.3 is 12.1 Å². The molecule has 190 valence electrons. The fraction of sp³-hybridized carbons (Fsp3) is 0.370. The Morgan fingerprint density at radius 1 is 1.17 bits per heavy atom. The minimum atomic E-state index is -1.19. The number of carbonyl (C=O) groups is 3. The molecule has 1 spiro atoms. The number of likely N-dealkylation sites (tertiary alicyclic amines) is 1. The molecule has 0 N–H and O–H groups in total. The van der Waals surface area contributed by atoms with Crippen molar-refractivity contribution >= 4 is 29.6 Å². The van der Waals surface area contributed by atoms with Gasteiger partial charge in [-0.2, -0.15) is 0 Å². The molecule has 2 aromatic rings. The normalized spacial score (nSPS) is 16.7. The van der Waals surface area contributed by atoms with Gasteiger partial charge in [0.2, 0.25) is 5.91 Å². The van der Waals surface area contributed by atoms with E-state index in [-0.39, 0.29) is 19.1 Å². The highest BCUT2D eigenvalue weighted by atomic mass is 35.5. The summed E-state index contributed by atoms with van der Waals surface area (Å²) in [6.07, 6.45) is 1.88. The maximum Gasteiger partial charge on any atom is 0.411 e. The summed E-state index contributed by atoms with van der Waals surface area (Å²) >= 11 is 6.01. The second kappa shape index (κ2) is 11.1. The van der Waals surface area contributed by atoms with Crippen molar-refractivity contribution in [2.24, 2.45) is 0 Å². The van der Waals surface area contributed by atoms with E-state index < -0.39 is 23.7 Å². The molecule has 36 heavy (non-hydrogen) atoms. The number of hydrogen-bond donors (Lipinski definition) is 0. The molecule has 0 bridgehead atoms. The lowest BCUT2D eigenvalue weighted by Gasteiger charge is -2.40. The van der Waals surface area contributed by atoms with Crippen LogP contribution < -0.4 is 0 Å². The maximum absolute atomic E-state index is 13.4. The highest BCUT2D eigenvalue weighted by Gasteiger charge is 2.44. The van der Waals surface area contributed by atoms with E-state index in [1.54, 1.807) is 29.2 Å². The van der Waals surface area contributed by atoms with Crippen LogP contribution >= 0.6 is 11.6 Å². The Balaban J connectivity index is 1.52. The van der Waals surface area contributed by atoms with Crippen LogP contribution in [0.3, 0.4) is 0 Å². The Morgan fingerprint density at radius 3 is 2.53 bits per heavy atom. The number of halogens is 1. The lowest BCUT2D eigenvalue weighted by Crippen LogP contribution is -2.50. The molecule has 0 aliphatic carbocycles. The van der Waals surface area contributed by atoms with Crippen LogP contribution in [-0.4, -0.2) is 61.1 Å². The minimum absolute atomic E-state index is 0.0684. The van der Waals surface area contributed by atoms with Gasteiger partial charge in [0, 0.05) is 18.1 Å². The van der Waals surface area contributed by atoms with E-state index in [2.05, 4.69) is 18.7 Å². The van der Waals surface area contributed by atoms with Gasteiger partial charge in [-0.05, 0) is 41.7 Å². The predicted octanol–water partition coefficient (Wildman–Crippen LogP) is 4.23. The van der Waals surface area contributed by atoms with Gasteiger partial charge in [0.15, 0.2) is 6.04 Å². The molecule has 2 aliphatic rings. The van der Waals surface area contributed by atoms with E-state index in [0.29, 0.717) is 43.1 Å². The van der Waals surface area contributed by atoms with Crippen molar-refractivity contribution in [2.45, 2.75) is 31.1 Å². The highest BCUT2D eigenvalue weighted by Crippen LogP contribution is 2.44. The fourth-order valence-corrected chi connectivity index (χ4v) is 4.96. The molecular formula is C27H29ClN2O6. The Kier molecular flexibility index (Phi) is 7.96. The van der Waals surface area contributed by atoms with E-state index in [1.807, 2.05) is 12.1 Å². The number of hydrogen-bond acceptors (Lipinski definition) is 6. The number of benzene rings is 2. The second-order valence-electron chi connectivity index (χ2n) is 8.79. The zero-order valence-electron chi connectivity index (χ0n) is 20.2. The Morgan fingerprint density at radius 2 is 1.86 bits per heavy atom. The molecular weight excluding hydrogens is 484 g/mol. The molecule has 0 radical (unpaired) electrons. The van der Waals surface area contributed by atoms with Crippen LogP contribution in [0.5, 0.6) is 0 Å². The Hall–Kier alpha value is -3.36. The van der Waals surface area contributed by atoms with Gasteiger partial charge in [0.25, 0.3) is 0 Å². The van der Waals surface area contributed by atoms with Crippen LogP contribution in [-0.2, 0) is 36.0 Å². The van der Waals surface area contributed by atoms with Crippen LogP contribution in [0.25, 0.3) is 0 Å². The van der Waals surface area contributed by atoms with Crippen LogP contribution in [0.2, 0.25) is 5.02 Å². The molecule has 8 nitrogen and oxygen atoms in total. The lowest BCUT2D eigenvalue weighted by atomic mass is 9.84. The van der Waals surface area contributed by atoms with E-state index >= 15 is 0 Å². The van der Waals surface area contributed by atoms with Crippen LogP contribution in [0.1, 0.15) is 35.6 Å². The minimum Gasteiger partial charge on any atom is -0.467 e. The topological polar surface area (TPSA) is 85.4 Å². The number of nitrogens with zero attached hydrogens (tertiary/aromatic N) is 2. The van der Waals surface area contributed by atoms with Gasteiger partial charge in [-0.1, -0.05) is 60.7 Å². The average molecular weight is 513 g/mol. The van der Waals surface area contributed by atoms with Gasteiger partial charge in [0.05, 0.1) is 19.3 Å². The lowest BCUT2D eigenvalue weighted by molar-refractivity contribution is -0.148. The summed E-state index contributed by atoms with van der Waals surface area (Å²) in [5.41, 5.74) is 2.41.